The van der Waals surface area contributed by atoms with Crippen molar-refractivity contribution < 1.29 is 4.79 Å². The summed E-state index contributed by atoms with van der Waals surface area (Å²) in [5, 5.41) is 4.44. The van der Waals surface area contributed by atoms with E-state index in [9.17, 15) is 4.79 Å². The topological polar surface area (TPSA) is 29.1 Å². The summed E-state index contributed by atoms with van der Waals surface area (Å²) in [5.41, 5.74) is 4.41. The van der Waals surface area contributed by atoms with Gasteiger partial charge >= 0.3 is 0 Å². The maximum absolute atomic E-state index is 11.7. The zero-order valence-corrected chi connectivity index (χ0v) is 13.7. The standard InChI is InChI=1S/C20H18ClNO/c1-12(23)14-7-10-19-18(11-14)16-3-2-4-17(16)20(22-19)13-5-8-15(21)9-6-13/h2-3,5-11,16-17,20,22H,4H2,1H3/t16-,17-,20-/m0/s1. The number of allylic oxidation sites excluding steroid dienone is 2. The van der Waals surface area contributed by atoms with Crippen LogP contribution in [0.2, 0.25) is 5.02 Å². The minimum atomic E-state index is 0.117. The lowest BCUT2D eigenvalue weighted by Gasteiger charge is -2.37. The van der Waals surface area contributed by atoms with Gasteiger partial charge in [0, 0.05) is 22.2 Å². The molecule has 0 unspecified atom stereocenters. The quantitative estimate of drug-likeness (QED) is 0.594. The van der Waals surface area contributed by atoms with Crippen molar-refractivity contribution in [2.24, 2.45) is 5.92 Å². The second kappa shape index (κ2) is 5.54. The van der Waals surface area contributed by atoms with Crippen LogP contribution < -0.4 is 5.32 Å². The van der Waals surface area contributed by atoms with Crippen molar-refractivity contribution in [3.8, 4) is 0 Å². The van der Waals surface area contributed by atoms with E-state index >= 15 is 0 Å². The molecular formula is C20H18ClNO. The highest BCUT2D eigenvalue weighted by Crippen LogP contribution is 2.49. The predicted octanol–water partition coefficient (Wildman–Crippen LogP) is 5.37. The van der Waals surface area contributed by atoms with E-state index in [2.05, 4.69) is 35.7 Å². The average Bonchev–Trinajstić information content (AvgIpc) is 3.04. The number of ketones is 1. The van der Waals surface area contributed by atoms with Crippen LogP contribution in [-0.2, 0) is 0 Å². The molecule has 0 amide bonds. The van der Waals surface area contributed by atoms with Crippen LogP contribution in [0.4, 0.5) is 5.69 Å². The van der Waals surface area contributed by atoms with Gasteiger partial charge in [-0.25, -0.2) is 0 Å². The minimum Gasteiger partial charge on any atom is -0.378 e. The fourth-order valence-electron chi connectivity index (χ4n) is 3.81. The van der Waals surface area contributed by atoms with Crippen LogP contribution in [0.25, 0.3) is 0 Å². The third-order valence-electron chi connectivity index (χ3n) is 5.00. The van der Waals surface area contributed by atoms with E-state index in [0.29, 0.717) is 11.8 Å². The van der Waals surface area contributed by atoms with Crippen molar-refractivity contribution in [2.45, 2.75) is 25.3 Å². The minimum absolute atomic E-state index is 0.117. The zero-order chi connectivity index (χ0) is 16.0. The summed E-state index contributed by atoms with van der Waals surface area (Å²) < 4.78 is 0. The lowest BCUT2D eigenvalue weighted by molar-refractivity contribution is 0.101. The SMILES string of the molecule is CC(=O)c1ccc2c(c1)[C@H]1C=CC[C@@H]1[C@H](c1ccc(Cl)cc1)N2. The largest absolute Gasteiger partial charge is 0.378 e. The normalized spacial score (nSPS) is 24.7. The van der Waals surface area contributed by atoms with Crippen LogP contribution in [0, 0.1) is 5.92 Å². The molecule has 3 atom stereocenters. The van der Waals surface area contributed by atoms with Crippen molar-refractivity contribution in [1.82, 2.24) is 0 Å². The molecule has 0 saturated heterocycles. The van der Waals surface area contributed by atoms with Gasteiger partial charge in [0.25, 0.3) is 0 Å². The van der Waals surface area contributed by atoms with Crippen molar-refractivity contribution in [2.75, 3.05) is 5.32 Å². The second-order valence-electron chi connectivity index (χ2n) is 6.39. The molecule has 3 heteroatoms. The average molecular weight is 324 g/mol. The number of fused-ring (bicyclic) bond motifs is 3. The maximum atomic E-state index is 11.7. The Morgan fingerprint density at radius 3 is 2.70 bits per heavy atom. The first kappa shape index (κ1) is 14.5. The van der Waals surface area contributed by atoms with Gasteiger partial charge in [-0.2, -0.15) is 0 Å². The molecule has 0 fully saturated rings. The first-order chi connectivity index (χ1) is 11.1. The molecule has 2 aromatic carbocycles. The summed E-state index contributed by atoms with van der Waals surface area (Å²) in [6.45, 7) is 1.62. The van der Waals surface area contributed by atoms with E-state index in [1.54, 1.807) is 6.92 Å². The van der Waals surface area contributed by atoms with Crippen LogP contribution in [0.15, 0.2) is 54.6 Å². The molecule has 1 aliphatic carbocycles. The van der Waals surface area contributed by atoms with Gasteiger partial charge in [0.05, 0.1) is 6.04 Å². The van der Waals surface area contributed by atoms with Gasteiger partial charge in [-0.15, -0.1) is 0 Å². The lowest BCUT2D eigenvalue weighted by atomic mass is 9.76. The fourth-order valence-corrected chi connectivity index (χ4v) is 3.94. The molecule has 0 saturated carbocycles. The van der Waals surface area contributed by atoms with Gasteiger partial charge in [0.1, 0.15) is 0 Å². The van der Waals surface area contributed by atoms with Crippen LogP contribution in [-0.4, -0.2) is 5.78 Å². The Bertz CT molecular complexity index is 794. The number of carbonyl (C=O) groups excluding carboxylic acids is 1. The highest BCUT2D eigenvalue weighted by atomic mass is 35.5. The van der Waals surface area contributed by atoms with Crippen LogP contribution >= 0.6 is 11.6 Å². The summed E-state index contributed by atoms with van der Waals surface area (Å²) in [4.78, 5) is 11.7. The van der Waals surface area contributed by atoms with E-state index in [4.69, 9.17) is 11.6 Å². The van der Waals surface area contributed by atoms with Crippen molar-refractivity contribution in [3.63, 3.8) is 0 Å². The number of rotatable bonds is 2. The molecule has 2 aromatic rings. The Labute approximate surface area is 141 Å². The molecule has 2 aliphatic rings. The number of hydrogen-bond acceptors (Lipinski definition) is 2. The number of carbonyl (C=O) groups is 1. The summed E-state index contributed by atoms with van der Waals surface area (Å²) in [5.74, 6) is 0.961. The molecule has 1 heterocycles. The molecule has 0 radical (unpaired) electrons. The number of anilines is 1. The van der Waals surface area contributed by atoms with E-state index in [1.807, 2.05) is 24.3 Å². The van der Waals surface area contributed by atoms with Gasteiger partial charge in [0.2, 0.25) is 0 Å². The van der Waals surface area contributed by atoms with Gasteiger partial charge in [-0.1, -0.05) is 35.9 Å². The molecule has 4 rings (SSSR count). The molecule has 2 nitrogen and oxygen atoms in total. The van der Waals surface area contributed by atoms with Gasteiger partial charge in [0.15, 0.2) is 5.78 Å². The summed E-state index contributed by atoms with van der Waals surface area (Å²) in [6.07, 6.45) is 5.60. The highest BCUT2D eigenvalue weighted by Gasteiger charge is 2.37. The summed E-state index contributed by atoms with van der Waals surface area (Å²) >= 11 is 6.03. The predicted molar refractivity (Wildman–Crippen MR) is 94.3 cm³/mol. The maximum Gasteiger partial charge on any atom is 0.159 e. The number of benzene rings is 2. The monoisotopic (exact) mass is 323 g/mol. The smallest absolute Gasteiger partial charge is 0.159 e. The van der Waals surface area contributed by atoms with E-state index < -0.39 is 0 Å². The van der Waals surface area contributed by atoms with E-state index in [-0.39, 0.29) is 11.8 Å². The first-order valence-electron chi connectivity index (χ1n) is 7.97. The molecule has 1 aliphatic heterocycles. The fraction of sp³-hybridized carbons (Fsp3) is 0.250. The molecule has 0 spiro atoms. The molecule has 0 bridgehead atoms. The van der Waals surface area contributed by atoms with Crippen LogP contribution in [0.5, 0.6) is 0 Å². The van der Waals surface area contributed by atoms with E-state index in [1.165, 1.54) is 11.1 Å². The molecule has 0 aromatic heterocycles. The number of nitrogens with one attached hydrogen (secondary N) is 1. The Kier molecular flexibility index (Phi) is 3.50. The Hall–Kier alpha value is -2.06. The molecule has 23 heavy (non-hydrogen) atoms. The Morgan fingerprint density at radius 2 is 1.96 bits per heavy atom. The van der Waals surface area contributed by atoms with Gasteiger partial charge < -0.3 is 5.32 Å². The number of hydrogen-bond donors (Lipinski definition) is 1. The number of halogens is 1. The van der Waals surface area contributed by atoms with Crippen LogP contribution in [0.3, 0.4) is 0 Å². The van der Waals surface area contributed by atoms with Crippen molar-refractivity contribution >= 4 is 23.1 Å². The third kappa shape index (κ3) is 2.47. The summed E-state index contributed by atoms with van der Waals surface area (Å²) in [7, 11) is 0. The van der Waals surface area contributed by atoms with Gasteiger partial charge in [-0.05, 0) is 60.7 Å². The Balaban J connectivity index is 1.77. The Morgan fingerprint density at radius 1 is 1.17 bits per heavy atom. The molecule has 1 N–H and O–H groups in total. The zero-order valence-electron chi connectivity index (χ0n) is 12.9. The van der Waals surface area contributed by atoms with E-state index in [0.717, 1.165) is 22.7 Å². The number of Topliss-reactive ketones (excluding diaryl/α,β-unsaturated/α-hetero) is 1. The van der Waals surface area contributed by atoms with Gasteiger partial charge in [-0.3, -0.25) is 4.79 Å². The third-order valence-corrected chi connectivity index (χ3v) is 5.25. The lowest BCUT2D eigenvalue weighted by Crippen LogP contribution is -2.29. The summed E-state index contributed by atoms with van der Waals surface area (Å²) in [6, 6.07) is 14.4. The van der Waals surface area contributed by atoms with Crippen LogP contribution in [0.1, 0.15) is 46.8 Å². The van der Waals surface area contributed by atoms with Crippen molar-refractivity contribution in [3.05, 3.63) is 76.3 Å². The highest BCUT2D eigenvalue weighted by molar-refractivity contribution is 6.30. The second-order valence-corrected chi connectivity index (χ2v) is 6.82. The van der Waals surface area contributed by atoms with Crippen molar-refractivity contribution in [1.29, 1.82) is 0 Å². The molecule has 116 valence electrons. The first-order valence-corrected chi connectivity index (χ1v) is 8.35. The molecular weight excluding hydrogens is 306 g/mol.